The minimum Gasteiger partial charge on any atom is -0.322 e. The van der Waals surface area contributed by atoms with E-state index in [2.05, 4.69) is 6.07 Å². The van der Waals surface area contributed by atoms with Gasteiger partial charge in [-0.2, -0.15) is 5.26 Å². The largest absolute Gasteiger partial charge is 0.322 e. The number of hydrogen-bond donors (Lipinski definition) is 0. The van der Waals surface area contributed by atoms with E-state index in [-0.39, 0.29) is 10.5 Å². The predicted octanol–water partition coefficient (Wildman–Crippen LogP) is 4.62. The minimum atomic E-state index is -2.31. The third-order valence-electron chi connectivity index (χ3n) is 1.77. The topological polar surface area (TPSA) is 42.2 Å². The van der Waals surface area contributed by atoms with Gasteiger partial charge in [0.15, 0.2) is 0 Å². The molecule has 106 valence electrons. The number of alkyl halides is 1. The van der Waals surface area contributed by atoms with Gasteiger partial charge in [0, 0.05) is 0 Å². The summed E-state index contributed by atoms with van der Waals surface area (Å²) in [4.78, 5) is 0. The van der Waals surface area contributed by atoms with Gasteiger partial charge in [-0.1, -0.05) is 11.4 Å². The summed E-state index contributed by atoms with van der Waals surface area (Å²) in [6.45, 7) is 8.69. The monoisotopic (exact) mass is 347 g/mol. The molecule has 3 nitrogen and oxygen atoms in total. The molecule has 0 aromatic heterocycles. The van der Waals surface area contributed by atoms with E-state index in [4.69, 9.17) is 37.7 Å². The third kappa shape index (κ3) is 7.00. The van der Waals surface area contributed by atoms with Crippen molar-refractivity contribution in [2.24, 2.45) is 0 Å². The lowest BCUT2D eigenvalue weighted by molar-refractivity contribution is 0.280. The Morgan fingerprint density at radius 2 is 1.94 bits per heavy atom. The Bertz CT molecular complexity index is 330. The Morgan fingerprint density at radius 1 is 1.44 bits per heavy atom. The summed E-state index contributed by atoms with van der Waals surface area (Å²) in [5.41, 5.74) is -2.31. The maximum absolute atomic E-state index is 9.10. The van der Waals surface area contributed by atoms with Crippen molar-refractivity contribution < 1.29 is 9.05 Å². The molecule has 0 amide bonds. The average molecular weight is 348 g/mol. The molecular formula is C10H19ClNO2PS3. The molecule has 18 heavy (non-hydrogen) atoms. The highest BCUT2D eigenvalue weighted by molar-refractivity contribution is 8.69. The van der Waals surface area contributed by atoms with Crippen LogP contribution in [0.3, 0.4) is 0 Å². The second-order valence-electron chi connectivity index (χ2n) is 3.55. The first kappa shape index (κ1) is 19.1. The molecule has 0 aliphatic rings. The van der Waals surface area contributed by atoms with Crippen molar-refractivity contribution in [3.63, 3.8) is 0 Å². The molecule has 0 spiro atoms. The van der Waals surface area contributed by atoms with Crippen molar-refractivity contribution in [2.45, 2.75) is 37.0 Å². The summed E-state index contributed by atoms with van der Waals surface area (Å²) in [6.07, 6.45) is 0. The highest BCUT2D eigenvalue weighted by atomic mass is 35.5. The molecule has 2 unspecified atom stereocenters. The standard InChI is InChI=1S/C10H19ClNO2PS3/c1-5-13-15(16,14-6-2)18-9(3)17-10(4,7-11)8-12/h9H,5-7H2,1-4H3. The van der Waals surface area contributed by atoms with Crippen LogP contribution in [0.15, 0.2) is 0 Å². The second kappa shape index (κ2) is 9.07. The van der Waals surface area contributed by atoms with Crippen molar-refractivity contribution in [2.75, 3.05) is 19.1 Å². The van der Waals surface area contributed by atoms with E-state index in [0.717, 1.165) is 0 Å². The highest BCUT2D eigenvalue weighted by Crippen LogP contribution is 2.64. The maximum atomic E-state index is 9.10. The van der Waals surface area contributed by atoms with Gasteiger partial charge in [-0.3, -0.25) is 0 Å². The van der Waals surface area contributed by atoms with Crippen LogP contribution in [0.4, 0.5) is 0 Å². The smallest absolute Gasteiger partial charge is 0.248 e. The number of nitrogens with zero attached hydrogens (tertiary/aromatic N) is 1. The molecule has 2 atom stereocenters. The van der Waals surface area contributed by atoms with Gasteiger partial charge < -0.3 is 9.05 Å². The minimum absolute atomic E-state index is 0.0948. The Balaban J connectivity index is 4.57. The first-order valence-corrected chi connectivity index (χ1v) is 11.1. The number of rotatable bonds is 9. The zero-order chi connectivity index (χ0) is 14.2. The molecule has 0 N–H and O–H groups in total. The summed E-state index contributed by atoms with van der Waals surface area (Å²) >= 11 is 14.2. The summed E-state index contributed by atoms with van der Waals surface area (Å²) < 4.78 is 10.6. The predicted molar refractivity (Wildman–Crippen MR) is 86.9 cm³/mol. The quantitative estimate of drug-likeness (QED) is 0.344. The molecule has 0 radical (unpaired) electrons. The average Bonchev–Trinajstić information content (AvgIpc) is 2.28. The van der Waals surface area contributed by atoms with Gasteiger partial charge in [0.05, 0.1) is 29.7 Å². The second-order valence-corrected chi connectivity index (χ2v) is 12.5. The summed E-state index contributed by atoms with van der Waals surface area (Å²) in [6, 6.07) is 2.22. The number of hydrogen-bond acceptors (Lipinski definition) is 6. The first-order chi connectivity index (χ1) is 8.34. The summed E-state index contributed by atoms with van der Waals surface area (Å²) in [5.74, 6) is 0.283. The molecule has 0 aliphatic heterocycles. The van der Waals surface area contributed by atoms with Crippen LogP contribution in [0.25, 0.3) is 0 Å². The zero-order valence-corrected chi connectivity index (χ0v) is 15.1. The SMILES string of the molecule is CCOP(=S)(OCC)SC(C)SC(C)(C#N)CCl. The Morgan fingerprint density at radius 3 is 2.28 bits per heavy atom. The lowest BCUT2D eigenvalue weighted by Gasteiger charge is -2.26. The van der Waals surface area contributed by atoms with E-state index < -0.39 is 10.4 Å². The Kier molecular flexibility index (Phi) is 9.60. The van der Waals surface area contributed by atoms with Gasteiger partial charge >= 0.3 is 0 Å². The van der Waals surface area contributed by atoms with Crippen molar-refractivity contribution in [3.05, 3.63) is 0 Å². The molecule has 0 aromatic rings. The van der Waals surface area contributed by atoms with E-state index >= 15 is 0 Å². The lowest BCUT2D eigenvalue weighted by atomic mass is 10.2. The fraction of sp³-hybridized carbons (Fsp3) is 0.900. The number of thioether (sulfide) groups is 1. The van der Waals surface area contributed by atoms with Gasteiger partial charge in [0.1, 0.15) is 4.75 Å². The zero-order valence-electron chi connectivity index (χ0n) is 11.0. The number of halogens is 1. The first-order valence-electron chi connectivity index (χ1n) is 5.57. The van der Waals surface area contributed by atoms with Crippen molar-refractivity contribution in [1.82, 2.24) is 0 Å². The van der Waals surface area contributed by atoms with Crippen LogP contribution in [-0.2, 0) is 20.9 Å². The van der Waals surface area contributed by atoms with Crippen molar-refractivity contribution in [3.8, 4) is 6.07 Å². The van der Waals surface area contributed by atoms with Crippen LogP contribution >= 0.6 is 40.4 Å². The van der Waals surface area contributed by atoms with Crippen LogP contribution in [0.5, 0.6) is 0 Å². The fourth-order valence-electron chi connectivity index (χ4n) is 1.07. The molecule has 0 heterocycles. The van der Waals surface area contributed by atoms with Gasteiger partial charge in [-0.25, -0.2) is 0 Å². The lowest BCUT2D eigenvalue weighted by Crippen LogP contribution is -2.21. The van der Waals surface area contributed by atoms with Crippen molar-refractivity contribution in [1.29, 1.82) is 5.26 Å². The van der Waals surface area contributed by atoms with Crippen LogP contribution in [0.1, 0.15) is 27.7 Å². The molecule has 0 saturated carbocycles. The van der Waals surface area contributed by atoms with Gasteiger partial charge in [-0.05, 0) is 39.5 Å². The van der Waals surface area contributed by atoms with E-state index in [9.17, 15) is 0 Å². The normalized spacial score (nSPS) is 16.9. The molecule has 8 heteroatoms. The Labute approximate surface area is 128 Å². The number of nitriles is 1. The van der Waals surface area contributed by atoms with Crippen LogP contribution in [0.2, 0.25) is 0 Å². The van der Waals surface area contributed by atoms with Crippen LogP contribution in [0, 0.1) is 11.3 Å². The van der Waals surface area contributed by atoms with E-state index in [1.54, 1.807) is 0 Å². The molecule has 0 aromatic carbocycles. The van der Waals surface area contributed by atoms with E-state index in [1.165, 1.54) is 23.1 Å². The molecule has 0 saturated heterocycles. The third-order valence-corrected chi connectivity index (χ3v) is 10.0. The van der Waals surface area contributed by atoms with Crippen LogP contribution < -0.4 is 0 Å². The Hall–Kier alpha value is 1.05. The molecule has 0 rings (SSSR count). The molecule has 0 fully saturated rings. The van der Waals surface area contributed by atoms with Gasteiger partial charge in [-0.15, -0.1) is 23.4 Å². The van der Waals surface area contributed by atoms with Gasteiger partial charge in [0.25, 0.3) is 0 Å². The van der Waals surface area contributed by atoms with Gasteiger partial charge in [0.2, 0.25) is 5.69 Å². The van der Waals surface area contributed by atoms with Crippen molar-refractivity contribution >= 4 is 52.2 Å². The van der Waals surface area contributed by atoms with Crippen LogP contribution in [-0.4, -0.2) is 28.4 Å². The summed E-state index contributed by atoms with van der Waals surface area (Å²) in [7, 11) is 0. The highest BCUT2D eigenvalue weighted by Gasteiger charge is 2.30. The molecule has 0 bridgehead atoms. The fourth-order valence-corrected chi connectivity index (χ4v) is 9.95. The molecular weight excluding hydrogens is 329 g/mol. The van der Waals surface area contributed by atoms with E-state index in [1.807, 2.05) is 27.7 Å². The molecule has 0 aliphatic carbocycles. The summed E-state index contributed by atoms with van der Waals surface area (Å²) in [5, 5.41) is 9.10. The van der Waals surface area contributed by atoms with E-state index in [0.29, 0.717) is 13.2 Å². The maximum Gasteiger partial charge on any atom is 0.248 e.